The number of carbonyl (C=O) groups excluding carboxylic acids is 1. The number of nitrogen functional groups attached to an aromatic ring is 1. The van der Waals surface area contributed by atoms with Crippen molar-refractivity contribution in [3.05, 3.63) is 65.2 Å². The Morgan fingerprint density at radius 3 is 2.60 bits per heavy atom. The van der Waals surface area contributed by atoms with Gasteiger partial charge in [-0.1, -0.05) is 36.4 Å². The lowest BCUT2D eigenvalue weighted by atomic mass is 10.1. The van der Waals surface area contributed by atoms with E-state index >= 15 is 0 Å². The maximum atomic E-state index is 11.9. The van der Waals surface area contributed by atoms with Crippen LogP contribution in [0.15, 0.2) is 48.5 Å². The Labute approximate surface area is 118 Å². The van der Waals surface area contributed by atoms with Crippen LogP contribution in [-0.2, 0) is 16.1 Å². The summed E-state index contributed by atoms with van der Waals surface area (Å²) in [6.45, 7) is 2.11. The molecule has 0 saturated carbocycles. The topological polar surface area (TPSA) is 61.6 Å². The highest BCUT2D eigenvalue weighted by molar-refractivity contribution is 5.92. The molecule has 0 atom stereocenters. The highest BCUT2D eigenvalue weighted by atomic mass is 16.7. The fraction of sp³-hybridized carbons (Fsp3) is 0.188. The first kappa shape index (κ1) is 14.1. The van der Waals surface area contributed by atoms with Crippen molar-refractivity contribution in [2.75, 3.05) is 12.5 Å². The number of benzene rings is 2. The van der Waals surface area contributed by atoms with Gasteiger partial charge in [-0.3, -0.25) is 0 Å². The summed E-state index contributed by atoms with van der Waals surface area (Å²) in [4.78, 5) is 11.9. The van der Waals surface area contributed by atoms with E-state index in [1.165, 1.54) is 0 Å². The van der Waals surface area contributed by atoms with E-state index in [2.05, 4.69) is 0 Å². The molecule has 104 valence electrons. The van der Waals surface area contributed by atoms with E-state index in [4.69, 9.17) is 15.2 Å². The van der Waals surface area contributed by atoms with Crippen molar-refractivity contribution in [1.29, 1.82) is 0 Å². The van der Waals surface area contributed by atoms with Gasteiger partial charge in [0.25, 0.3) is 0 Å². The molecule has 2 aromatic rings. The first-order valence-corrected chi connectivity index (χ1v) is 6.32. The van der Waals surface area contributed by atoms with Gasteiger partial charge in [0.15, 0.2) is 6.79 Å². The quantitative estimate of drug-likeness (QED) is 0.393. The first-order chi connectivity index (χ1) is 9.68. The molecule has 0 radical (unpaired) electrons. The van der Waals surface area contributed by atoms with E-state index < -0.39 is 5.97 Å². The Morgan fingerprint density at radius 1 is 1.10 bits per heavy atom. The van der Waals surface area contributed by atoms with Crippen molar-refractivity contribution in [2.24, 2.45) is 0 Å². The normalized spacial score (nSPS) is 10.2. The molecule has 0 aromatic heterocycles. The first-order valence-electron chi connectivity index (χ1n) is 6.32. The molecule has 0 saturated heterocycles. The van der Waals surface area contributed by atoms with Crippen molar-refractivity contribution in [2.45, 2.75) is 13.5 Å². The lowest BCUT2D eigenvalue weighted by Gasteiger charge is -2.09. The Hall–Kier alpha value is -2.33. The van der Waals surface area contributed by atoms with Crippen LogP contribution in [0.25, 0.3) is 0 Å². The standard InChI is InChI=1S/C16H17NO3/c1-12-14(8-5-9-15(12)17)16(18)20-11-19-10-13-6-3-2-4-7-13/h2-9H,10-11,17H2,1H3. The lowest BCUT2D eigenvalue weighted by Crippen LogP contribution is -2.11. The molecule has 2 N–H and O–H groups in total. The Balaban J connectivity index is 1.82. The Kier molecular flexibility index (Phi) is 4.74. The van der Waals surface area contributed by atoms with Crippen molar-refractivity contribution in [3.8, 4) is 0 Å². The number of ether oxygens (including phenoxy) is 2. The summed E-state index contributed by atoms with van der Waals surface area (Å²) in [5.41, 5.74) is 8.54. The summed E-state index contributed by atoms with van der Waals surface area (Å²) in [6, 6.07) is 14.9. The average Bonchev–Trinajstić information content (AvgIpc) is 2.47. The van der Waals surface area contributed by atoms with Crippen LogP contribution in [0.4, 0.5) is 5.69 Å². The lowest BCUT2D eigenvalue weighted by molar-refractivity contribution is -0.0381. The van der Waals surface area contributed by atoms with Crippen molar-refractivity contribution < 1.29 is 14.3 Å². The van der Waals surface area contributed by atoms with Gasteiger partial charge in [-0.2, -0.15) is 0 Å². The molecule has 0 aliphatic heterocycles. The molecule has 0 aliphatic carbocycles. The fourth-order valence-electron chi connectivity index (χ4n) is 1.78. The van der Waals surface area contributed by atoms with E-state index in [0.29, 0.717) is 17.9 Å². The molecule has 2 rings (SSSR count). The molecule has 20 heavy (non-hydrogen) atoms. The van der Waals surface area contributed by atoms with Gasteiger partial charge < -0.3 is 15.2 Å². The van der Waals surface area contributed by atoms with E-state index in [-0.39, 0.29) is 6.79 Å². The SMILES string of the molecule is Cc1c(N)cccc1C(=O)OCOCc1ccccc1. The smallest absolute Gasteiger partial charge is 0.340 e. The van der Waals surface area contributed by atoms with Crippen molar-refractivity contribution in [3.63, 3.8) is 0 Å². The Morgan fingerprint density at radius 2 is 1.85 bits per heavy atom. The predicted molar refractivity (Wildman–Crippen MR) is 77.1 cm³/mol. The minimum atomic E-state index is -0.428. The van der Waals surface area contributed by atoms with E-state index in [9.17, 15) is 4.79 Å². The molecular formula is C16H17NO3. The zero-order valence-electron chi connectivity index (χ0n) is 11.3. The van der Waals surface area contributed by atoms with Gasteiger partial charge >= 0.3 is 5.97 Å². The van der Waals surface area contributed by atoms with Crippen LogP contribution in [0.1, 0.15) is 21.5 Å². The summed E-state index contributed by atoms with van der Waals surface area (Å²) < 4.78 is 10.4. The summed E-state index contributed by atoms with van der Waals surface area (Å²) in [7, 11) is 0. The van der Waals surface area contributed by atoms with Crippen molar-refractivity contribution >= 4 is 11.7 Å². The summed E-state index contributed by atoms with van der Waals surface area (Å²) in [6.07, 6.45) is 0. The second kappa shape index (κ2) is 6.73. The summed E-state index contributed by atoms with van der Waals surface area (Å²) >= 11 is 0. The van der Waals surface area contributed by atoms with Crippen LogP contribution in [-0.4, -0.2) is 12.8 Å². The van der Waals surface area contributed by atoms with Crippen LogP contribution in [0.5, 0.6) is 0 Å². The molecular weight excluding hydrogens is 254 g/mol. The fourth-order valence-corrected chi connectivity index (χ4v) is 1.78. The van der Waals surface area contributed by atoms with E-state index in [1.54, 1.807) is 25.1 Å². The minimum absolute atomic E-state index is 0.0814. The summed E-state index contributed by atoms with van der Waals surface area (Å²) in [5.74, 6) is -0.428. The van der Waals surface area contributed by atoms with E-state index in [0.717, 1.165) is 11.1 Å². The minimum Gasteiger partial charge on any atom is -0.435 e. The molecule has 0 fully saturated rings. The van der Waals surface area contributed by atoms with Gasteiger partial charge in [0.05, 0.1) is 12.2 Å². The van der Waals surface area contributed by atoms with Crippen LogP contribution in [0, 0.1) is 6.92 Å². The number of esters is 1. The molecule has 0 unspecified atom stereocenters. The van der Waals surface area contributed by atoms with Crippen LogP contribution in [0.2, 0.25) is 0 Å². The van der Waals surface area contributed by atoms with Crippen LogP contribution < -0.4 is 5.73 Å². The van der Waals surface area contributed by atoms with E-state index in [1.807, 2.05) is 30.3 Å². The zero-order valence-corrected chi connectivity index (χ0v) is 11.3. The van der Waals surface area contributed by atoms with Crippen molar-refractivity contribution in [1.82, 2.24) is 0 Å². The number of nitrogens with two attached hydrogens (primary N) is 1. The second-order valence-corrected chi connectivity index (χ2v) is 4.40. The third-order valence-electron chi connectivity index (χ3n) is 2.98. The highest BCUT2D eigenvalue weighted by Crippen LogP contribution is 2.16. The predicted octanol–water partition coefficient (Wildman–Crippen LogP) is 2.91. The average molecular weight is 271 g/mol. The van der Waals surface area contributed by atoms with Gasteiger partial charge in [0.2, 0.25) is 0 Å². The van der Waals surface area contributed by atoms with Gasteiger partial charge in [0.1, 0.15) is 0 Å². The van der Waals surface area contributed by atoms with Gasteiger partial charge in [-0.25, -0.2) is 4.79 Å². The third kappa shape index (κ3) is 3.59. The monoisotopic (exact) mass is 271 g/mol. The number of anilines is 1. The molecule has 0 heterocycles. The second-order valence-electron chi connectivity index (χ2n) is 4.40. The maximum absolute atomic E-state index is 11.9. The van der Waals surface area contributed by atoms with Gasteiger partial charge in [0, 0.05) is 5.69 Å². The molecule has 4 heteroatoms. The number of rotatable bonds is 5. The van der Waals surface area contributed by atoms with Gasteiger partial charge in [-0.05, 0) is 30.2 Å². The highest BCUT2D eigenvalue weighted by Gasteiger charge is 2.11. The molecule has 0 aliphatic rings. The number of hydrogen-bond acceptors (Lipinski definition) is 4. The number of carbonyl (C=O) groups is 1. The van der Waals surface area contributed by atoms with Crippen LogP contribution in [0.3, 0.4) is 0 Å². The largest absolute Gasteiger partial charge is 0.435 e. The number of hydrogen-bond donors (Lipinski definition) is 1. The molecule has 0 bridgehead atoms. The zero-order chi connectivity index (χ0) is 14.4. The Bertz CT molecular complexity index is 582. The maximum Gasteiger partial charge on any atom is 0.340 e. The summed E-state index contributed by atoms with van der Waals surface area (Å²) in [5, 5.41) is 0. The molecule has 4 nitrogen and oxygen atoms in total. The van der Waals surface area contributed by atoms with Crippen LogP contribution >= 0.6 is 0 Å². The molecule has 2 aromatic carbocycles. The molecule has 0 spiro atoms. The third-order valence-corrected chi connectivity index (χ3v) is 2.98. The van der Waals surface area contributed by atoms with Gasteiger partial charge in [-0.15, -0.1) is 0 Å². The molecule has 0 amide bonds.